The molecular weight excluding hydrogens is 336 g/mol. The summed E-state index contributed by atoms with van der Waals surface area (Å²) in [6.07, 6.45) is 0.326. The van der Waals surface area contributed by atoms with E-state index >= 15 is 0 Å². The van der Waals surface area contributed by atoms with Crippen molar-refractivity contribution in [3.8, 4) is 5.75 Å². The Labute approximate surface area is 160 Å². The number of rotatable bonds is 6. The number of aromatic nitrogens is 1. The third-order valence-electron chi connectivity index (χ3n) is 4.56. The molecule has 0 atom stereocenters. The van der Waals surface area contributed by atoms with Gasteiger partial charge < -0.3 is 10.1 Å². The second-order valence-electron chi connectivity index (χ2n) is 6.61. The molecule has 0 aliphatic carbocycles. The molecule has 0 saturated heterocycles. The summed E-state index contributed by atoms with van der Waals surface area (Å²) in [5.74, 6) is 1.30. The Kier molecular flexibility index (Phi) is 5.87. The van der Waals surface area contributed by atoms with Crippen LogP contribution in [0.1, 0.15) is 27.9 Å². The van der Waals surface area contributed by atoms with Gasteiger partial charge in [0.2, 0.25) is 5.91 Å². The van der Waals surface area contributed by atoms with Crippen LogP contribution in [0.15, 0.2) is 60.7 Å². The fraction of sp³-hybridized carbons (Fsp3) is 0.217. The van der Waals surface area contributed by atoms with Crippen molar-refractivity contribution in [1.82, 2.24) is 4.98 Å². The molecule has 0 bridgehead atoms. The third kappa shape index (κ3) is 4.73. The highest BCUT2D eigenvalue weighted by molar-refractivity contribution is 5.92. The van der Waals surface area contributed by atoms with Gasteiger partial charge in [-0.25, -0.2) is 4.98 Å². The average Bonchev–Trinajstić information content (AvgIpc) is 2.67. The number of amides is 1. The molecule has 4 heteroatoms. The van der Waals surface area contributed by atoms with E-state index in [2.05, 4.69) is 10.3 Å². The summed E-state index contributed by atoms with van der Waals surface area (Å²) in [6.45, 7) is 6.34. The summed E-state index contributed by atoms with van der Waals surface area (Å²) < 4.78 is 6.01. The summed E-state index contributed by atoms with van der Waals surface area (Å²) in [5.41, 5.74) is 4.76. The number of hydrogen-bond acceptors (Lipinski definition) is 3. The summed E-state index contributed by atoms with van der Waals surface area (Å²) in [5, 5.41) is 2.94. The van der Waals surface area contributed by atoms with E-state index in [-0.39, 0.29) is 5.91 Å². The molecule has 0 aliphatic heterocycles. The molecule has 0 unspecified atom stereocenters. The molecule has 0 aliphatic rings. The standard InChI is InChI=1S/C23H24N2O2/c1-16-17(2)23(25-21(26)14-19-10-6-4-7-11-19)24-18(3)22(16)27-15-20-12-8-5-9-13-20/h4-13H,14-15H2,1-3H3,(H,24,25,26). The van der Waals surface area contributed by atoms with Gasteiger partial charge in [0.05, 0.1) is 12.1 Å². The Hall–Kier alpha value is -3.14. The largest absolute Gasteiger partial charge is 0.487 e. The summed E-state index contributed by atoms with van der Waals surface area (Å²) in [4.78, 5) is 16.9. The minimum Gasteiger partial charge on any atom is -0.487 e. The molecule has 3 rings (SSSR count). The van der Waals surface area contributed by atoms with E-state index in [1.165, 1.54) is 0 Å². The Morgan fingerprint density at radius 3 is 2.11 bits per heavy atom. The predicted molar refractivity (Wildman–Crippen MR) is 108 cm³/mol. The molecule has 0 spiro atoms. The van der Waals surface area contributed by atoms with E-state index in [4.69, 9.17) is 4.74 Å². The summed E-state index contributed by atoms with van der Waals surface area (Å²) in [6, 6.07) is 19.7. The van der Waals surface area contributed by atoms with Gasteiger partial charge in [-0.15, -0.1) is 0 Å². The van der Waals surface area contributed by atoms with Crippen LogP contribution in [0.4, 0.5) is 5.82 Å². The van der Waals surface area contributed by atoms with Gasteiger partial charge in [0.25, 0.3) is 0 Å². The molecular formula is C23H24N2O2. The number of aryl methyl sites for hydroxylation is 1. The number of pyridine rings is 1. The van der Waals surface area contributed by atoms with E-state index in [1.807, 2.05) is 81.4 Å². The van der Waals surface area contributed by atoms with Crippen molar-refractivity contribution in [2.75, 3.05) is 5.32 Å². The molecule has 1 heterocycles. The Morgan fingerprint density at radius 2 is 1.48 bits per heavy atom. The quantitative estimate of drug-likeness (QED) is 0.689. The molecule has 0 fully saturated rings. The van der Waals surface area contributed by atoms with Gasteiger partial charge in [0.1, 0.15) is 18.2 Å². The number of nitrogens with zero attached hydrogens (tertiary/aromatic N) is 1. The molecule has 1 N–H and O–H groups in total. The number of benzene rings is 2. The number of hydrogen-bond donors (Lipinski definition) is 1. The molecule has 1 amide bonds. The van der Waals surface area contributed by atoms with Crippen molar-refractivity contribution < 1.29 is 9.53 Å². The van der Waals surface area contributed by atoms with Gasteiger partial charge in [-0.1, -0.05) is 60.7 Å². The zero-order valence-corrected chi connectivity index (χ0v) is 16.0. The number of anilines is 1. The average molecular weight is 360 g/mol. The van der Waals surface area contributed by atoms with Crippen molar-refractivity contribution in [3.05, 3.63) is 88.6 Å². The van der Waals surface area contributed by atoms with Crippen LogP contribution in [0.25, 0.3) is 0 Å². The van der Waals surface area contributed by atoms with Gasteiger partial charge >= 0.3 is 0 Å². The molecule has 1 aromatic heterocycles. The molecule has 3 aromatic rings. The minimum absolute atomic E-state index is 0.0754. The highest BCUT2D eigenvalue weighted by Gasteiger charge is 2.15. The molecule has 0 saturated carbocycles. The van der Waals surface area contributed by atoms with E-state index in [9.17, 15) is 4.79 Å². The first kappa shape index (κ1) is 18.6. The van der Waals surface area contributed by atoms with Crippen LogP contribution in [-0.4, -0.2) is 10.9 Å². The monoisotopic (exact) mass is 360 g/mol. The van der Waals surface area contributed by atoms with Gasteiger partial charge in [-0.05, 0) is 43.0 Å². The zero-order valence-electron chi connectivity index (χ0n) is 16.0. The lowest BCUT2D eigenvalue weighted by atomic mass is 10.1. The predicted octanol–water partition coefficient (Wildman–Crippen LogP) is 4.77. The van der Waals surface area contributed by atoms with E-state index < -0.39 is 0 Å². The van der Waals surface area contributed by atoms with Crippen LogP contribution in [0.2, 0.25) is 0 Å². The second kappa shape index (κ2) is 8.49. The topological polar surface area (TPSA) is 51.2 Å². The number of nitrogens with one attached hydrogen (secondary N) is 1. The molecule has 4 nitrogen and oxygen atoms in total. The number of ether oxygens (including phenoxy) is 1. The van der Waals surface area contributed by atoms with Crippen molar-refractivity contribution in [3.63, 3.8) is 0 Å². The maximum absolute atomic E-state index is 12.4. The van der Waals surface area contributed by atoms with Crippen molar-refractivity contribution in [1.29, 1.82) is 0 Å². The normalized spacial score (nSPS) is 10.5. The number of carbonyl (C=O) groups excluding carboxylic acids is 1. The van der Waals surface area contributed by atoms with Crippen molar-refractivity contribution in [2.24, 2.45) is 0 Å². The smallest absolute Gasteiger partial charge is 0.229 e. The molecule has 27 heavy (non-hydrogen) atoms. The lowest BCUT2D eigenvalue weighted by Crippen LogP contribution is -2.17. The SMILES string of the molecule is Cc1nc(NC(=O)Cc2ccccc2)c(C)c(C)c1OCc1ccccc1. The first-order valence-electron chi connectivity index (χ1n) is 9.03. The summed E-state index contributed by atoms with van der Waals surface area (Å²) in [7, 11) is 0. The Balaban J connectivity index is 1.73. The van der Waals surface area contributed by atoms with E-state index in [1.54, 1.807) is 0 Å². The minimum atomic E-state index is -0.0754. The van der Waals surface area contributed by atoms with Gasteiger partial charge in [0.15, 0.2) is 0 Å². The maximum Gasteiger partial charge on any atom is 0.229 e. The van der Waals surface area contributed by atoms with Gasteiger partial charge in [0, 0.05) is 0 Å². The van der Waals surface area contributed by atoms with Crippen LogP contribution >= 0.6 is 0 Å². The highest BCUT2D eigenvalue weighted by Crippen LogP contribution is 2.29. The van der Waals surface area contributed by atoms with Crippen LogP contribution in [0, 0.1) is 20.8 Å². The van der Waals surface area contributed by atoms with Crippen LogP contribution in [-0.2, 0) is 17.8 Å². The molecule has 2 aromatic carbocycles. The second-order valence-corrected chi connectivity index (χ2v) is 6.61. The van der Waals surface area contributed by atoms with Gasteiger partial charge in [-0.2, -0.15) is 0 Å². The molecule has 0 radical (unpaired) electrons. The lowest BCUT2D eigenvalue weighted by molar-refractivity contribution is -0.115. The first-order chi connectivity index (χ1) is 13.0. The zero-order chi connectivity index (χ0) is 19.2. The summed E-state index contributed by atoms with van der Waals surface area (Å²) >= 11 is 0. The van der Waals surface area contributed by atoms with E-state index in [0.29, 0.717) is 18.8 Å². The fourth-order valence-electron chi connectivity index (χ4n) is 2.94. The van der Waals surface area contributed by atoms with Crippen LogP contribution in [0.5, 0.6) is 5.75 Å². The van der Waals surface area contributed by atoms with Crippen molar-refractivity contribution in [2.45, 2.75) is 33.8 Å². The van der Waals surface area contributed by atoms with Crippen molar-refractivity contribution >= 4 is 11.7 Å². The maximum atomic E-state index is 12.4. The Bertz CT molecular complexity index is 922. The lowest BCUT2D eigenvalue weighted by Gasteiger charge is -2.17. The Morgan fingerprint density at radius 1 is 0.889 bits per heavy atom. The number of carbonyl (C=O) groups is 1. The third-order valence-corrected chi connectivity index (χ3v) is 4.56. The fourth-order valence-corrected chi connectivity index (χ4v) is 2.94. The highest BCUT2D eigenvalue weighted by atomic mass is 16.5. The van der Waals surface area contributed by atoms with Crippen LogP contribution in [0.3, 0.4) is 0 Å². The first-order valence-corrected chi connectivity index (χ1v) is 9.03. The van der Waals surface area contributed by atoms with Crippen LogP contribution < -0.4 is 10.1 Å². The van der Waals surface area contributed by atoms with E-state index in [0.717, 1.165) is 33.7 Å². The van der Waals surface area contributed by atoms with Gasteiger partial charge in [-0.3, -0.25) is 4.79 Å². The molecule has 138 valence electrons.